The summed E-state index contributed by atoms with van der Waals surface area (Å²) < 4.78 is 0. The normalized spacial score (nSPS) is 34.5. The molecule has 12 heavy (non-hydrogen) atoms. The molecule has 0 aromatic carbocycles. The van der Waals surface area contributed by atoms with Crippen LogP contribution in [0, 0.1) is 11.8 Å². The van der Waals surface area contributed by atoms with Gasteiger partial charge in [-0.25, -0.2) is 0 Å². The Balaban J connectivity index is 0.000000720. The van der Waals surface area contributed by atoms with Crippen LogP contribution in [0.3, 0.4) is 0 Å². The van der Waals surface area contributed by atoms with E-state index in [1.165, 1.54) is 0 Å². The Labute approximate surface area is 78.7 Å². The topological polar surface area (TPSA) is 41.1 Å². The van der Waals surface area contributed by atoms with Crippen molar-refractivity contribution in [2.24, 2.45) is 11.8 Å². The second kappa shape index (κ2) is 4.10. The Morgan fingerprint density at radius 2 is 2.08 bits per heavy atom. The monoisotopic (exact) mass is 190 g/mol. The first kappa shape index (κ1) is 9.81. The molecule has 2 heterocycles. The quantitative estimate of drug-likeness (QED) is 0.571. The molecule has 4 heteroatoms. The van der Waals surface area contributed by atoms with E-state index in [1.807, 2.05) is 0 Å². The summed E-state index contributed by atoms with van der Waals surface area (Å²) in [6, 6.07) is 0. The van der Waals surface area contributed by atoms with E-state index >= 15 is 0 Å². The van der Waals surface area contributed by atoms with E-state index in [1.54, 1.807) is 0 Å². The van der Waals surface area contributed by atoms with Gasteiger partial charge in [0.2, 0.25) is 5.91 Å². The minimum atomic E-state index is 0. The maximum absolute atomic E-state index is 11.3. The second-order valence-corrected chi connectivity index (χ2v) is 3.44. The lowest BCUT2D eigenvalue weighted by Gasteiger charge is -2.34. The SMILES string of the molecule is Cl.O=C1NCCC2CNCCC12. The first-order valence-electron chi connectivity index (χ1n) is 4.36. The Bertz CT molecular complexity index is 172. The summed E-state index contributed by atoms with van der Waals surface area (Å²) in [4.78, 5) is 11.3. The highest BCUT2D eigenvalue weighted by molar-refractivity contribution is 5.85. The van der Waals surface area contributed by atoms with Gasteiger partial charge in [0.15, 0.2) is 0 Å². The Morgan fingerprint density at radius 1 is 1.25 bits per heavy atom. The van der Waals surface area contributed by atoms with Crippen LogP contribution in [0.15, 0.2) is 0 Å². The van der Waals surface area contributed by atoms with Crippen molar-refractivity contribution in [1.29, 1.82) is 0 Å². The lowest BCUT2D eigenvalue weighted by Crippen LogP contribution is -2.49. The number of carbonyl (C=O) groups is 1. The molecule has 0 aromatic rings. The van der Waals surface area contributed by atoms with Gasteiger partial charge < -0.3 is 10.6 Å². The summed E-state index contributed by atoms with van der Waals surface area (Å²) in [7, 11) is 0. The fraction of sp³-hybridized carbons (Fsp3) is 0.875. The van der Waals surface area contributed by atoms with Crippen LogP contribution < -0.4 is 10.6 Å². The highest BCUT2D eigenvalue weighted by Gasteiger charge is 2.33. The summed E-state index contributed by atoms with van der Waals surface area (Å²) in [6.45, 7) is 2.92. The fourth-order valence-corrected chi connectivity index (χ4v) is 2.08. The van der Waals surface area contributed by atoms with Crippen LogP contribution in [0.2, 0.25) is 0 Å². The van der Waals surface area contributed by atoms with Gasteiger partial charge in [0.1, 0.15) is 0 Å². The molecule has 70 valence electrons. The van der Waals surface area contributed by atoms with Crippen molar-refractivity contribution in [2.45, 2.75) is 12.8 Å². The molecule has 0 aliphatic carbocycles. The molecule has 2 rings (SSSR count). The summed E-state index contributed by atoms with van der Waals surface area (Å²) in [6.07, 6.45) is 2.18. The van der Waals surface area contributed by atoms with Gasteiger partial charge in [-0.1, -0.05) is 0 Å². The predicted molar refractivity (Wildman–Crippen MR) is 49.3 cm³/mol. The zero-order chi connectivity index (χ0) is 7.68. The number of carbonyl (C=O) groups excluding carboxylic acids is 1. The van der Waals surface area contributed by atoms with E-state index in [2.05, 4.69) is 10.6 Å². The van der Waals surface area contributed by atoms with E-state index in [9.17, 15) is 4.79 Å². The van der Waals surface area contributed by atoms with Gasteiger partial charge in [-0.15, -0.1) is 12.4 Å². The van der Waals surface area contributed by atoms with Gasteiger partial charge in [-0.3, -0.25) is 4.79 Å². The van der Waals surface area contributed by atoms with Crippen molar-refractivity contribution in [3.05, 3.63) is 0 Å². The molecule has 2 N–H and O–H groups in total. The average Bonchev–Trinajstić information content (AvgIpc) is 2.06. The number of hydrogen-bond acceptors (Lipinski definition) is 2. The van der Waals surface area contributed by atoms with Gasteiger partial charge in [-0.05, 0) is 31.8 Å². The zero-order valence-electron chi connectivity index (χ0n) is 7.01. The van der Waals surface area contributed by atoms with Crippen LogP contribution in [-0.4, -0.2) is 25.5 Å². The summed E-state index contributed by atoms with van der Waals surface area (Å²) in [5.41, 5.74) is 0. The van der Waals surface area contributed by atoms with Crippen molar-refractivity contribution in [3.63, 3.8) is 0 Å². The molecule has 2 aliphatic heterocycles. The van der Waals surface area contributed by atoms with Crippen molar-refractivity contribution >= 4 is 18.3 Å². The molecule has 0 bridgehead atoms. The average molecular weight is 191 g/mol. The number of amides is 1. The molecule has 3 nitrogen and oxygen atoms in total. The van der Waals surface area contributed by atoms with Gasteiger partial charge in [0.05, 0.1) is 0 Å². The van der Waals surface area contributed by atoms with Crippen LogP contribution in [-0.2, 0) is 4.79 Å². The van der Waals surface area contributed by atoms with Crippen molar-refractivity contribution in [3.8, 4) is 0 Å². The van der Waals surface area contributed by atoms with Gasteiger partial charge in [0.25, 0.3) is 0 Å². The van der Waals surface area contributed by atoms with E-state index in [0.717, 1.165) is 32.5 Å². The molecule has 2 unspecified atom stereocenters. The molecule has 2 fully saturated rings. The molecule has 1 amide bonds. The van der Waals surface area contributed by atoms with Crippen LogP contribution in [0.5, 0.6) is 0 Å². The molecule has 2 atom stereocenters. The highest BCUT2D eigenvalue weighted by atomic mass is 35.5. The highest BCUT2D eigenvalue weighted by Crippen LogP contribution is 2.24. The number of halogens is 1. The third-order valence-corrected chi connectivity index (χ3v) is 2.76. The maximum Gasteiger partial charge on any atom is 0.223 e. The van der Waals surface area contributed by atoms with E-state index in [-0.39, 0.29) is 18.3 Å². The Morgan fingerprint density at radius 3 is 2.83 bits per heavy atom. The van der Waals surface area contributed by atoms with E-state index in [4.69, 9.17) is 0 Å². The maximum atomic E-state index is 11.3. The van der Waals surface area contributed by atoms with E-state index in [0.29, 0.717) is 11.8 Å². The molecule has 0 spiro atoms. The van der Waals surface area contributed by atoms with Gasteiger partial charge in [0, 0.05) is 12.5 Å². The summed E-state index contributed by atoms with van der Waals surface area (Å²) >= 11 is 0. The lowest BCUT2D eigenvalue weighted by atomic mass is 9.81. The molecule has 2 saturated heterocycles. The summed E-state index contributed by atoms with van der Waals surface area (Å²) in [5.74, 6) is 1.20. The van der Waals surface area contributed by atoms with Gasteiger partial charge >= 0.3 is 0 Å². The fourth-order valence-electron chi connectivity index (χ4n) is 2.08. The minimum Gasteiger partial charge on any atom is -0.356 e. The van der Waals surface area contributed by atoms with E-state index < -0.39 is 0 Å². The number of rotatable bonds is 0. The molecule has 0 aromatic heterocycles. The molecule has 0 radical (unpaired) electrons. The Hall–Kier alpha value is -0.280. The number of nitrogens with one attached hydrogen (secondary N) is 2. The second-order valence-electron chi connectivity index (χ2n) is 3.44. The number of hydrogen-bond donors (Lipinski definition) is 2. The molecule has 0 saturated carbocycles. The van der Waals surface area contributed by atoms with Crippen LogP contribution >= 0.6 is 12.4 Å². The summed E-state index contributed by atoms with van der Waals surface area (Å²) in [5, 5.41) is 6.24. The molecular weight excluding hydrogens is 176 g/mol. The number of piperidine rings is 2. The minimum absolute atomic E-state index is 0. The first-order chi connectivity index (χ1) is 5.38. The van der Waals surface area contributed by atoms with Crippen molar-refractivity contribution in [1.82, 2.24) is 10.6 Å². The number of fused-ring (bicyclic) bond motifs is 1. The standard InChI is InChI=1S/C8H14N2O.ClH/c11-8-7-2-3-9-5-6(7)1-4-10-8;/h6-7,9H,1-5H2,(H,10,11);1H. The smallest absolute Gasteiger partial charge is 0.223 e. The zero-order valence-corrected chi connectivity index (χ0v) is 7.82. The third kappa shape index (κ3) is 1.72. The predicted octanol–water partition coefficient (Wildman–Crippen LogP) is 0.154. The van der Waals surface area contributed by atoms with Crippen molar-refractivity contribution < 1.29 is 4.79 Å². The van der Waals surface area contributed by atoms with Crippen LogP contribution in [0.4, 0.5) is 0 Å². The lowest BCUT2D eigenvalue weighted by molar-refractivity contribution is -0.129. The Kier molecular flexibility index (Phi) is 3.35. The molecule has 2 aliphatic rings. The van der Waals surface area contributed by atoms with Crippen molar-refractivity contribution in [2.75, 3.05) is 19.6 Å². The first-order valence-corrected chi connectivity index (χ1v) is 4.36. The van der Waals surface area contributed by atoms with Crippen LogP contribution in [0.25, 0.3) is 0 Å². The third-order valence-electron chi connectivity index (χ3n) is 2.76. The van der Waals surface area contributed by atoms with Gasteiger partial charge in [-0.2, -0.15) is 0 Å². The van der Waals surface area contributed by atoms with Crippen LogP contribution in [0.1, 0.15) is 12.8 Å². The largest absolute Gasteiger partial charge is 0.356 e. The molecular formula is C8H15ClN2O.